The number of rotatable bonds is 7. The van der Waals surface area contributed by atoms with Crippen molar-refractivity contribution in [2.24, 2.45) is 17.8 Å². The summed E-state index contributed by atoms with van der Waals surface area (Å²) in [5, 5.41) is 6.83. The SMILES string of the molecule is O=C(NCCOC12CC3CC(CC(C3)C1)C2)c1nc(-c2ccc(-n3cccc3)cc2)no1. The van der Waals surface area contributed by atoms with E-state index in [-0.39, 0.29) is 17.4 Å². The Morgan fingerprint density at radius 1 is 1.06 bits per heavy atom. The molecule has 7 rings (SSSR count). The lowest BCUT2D eigenvalue weighted by Crippen LogP contribution is -2.52. The second-order valence-electron chi connectivity index (χ2n) is 9.77. The molecule has 32 heavy (non-hydrogen) atoms. The van der Waals surface area contributed by atoms with Gasteiger partial charge in [0, 0.05) is 30.2 Å². The maximum atomic E-state index is 12.5. The van der Waals surface area contributed by atoms with Crippen molar-refractivity contribution >= 4 is 5.91 Å². The minimum Gasteiger partial charge on any atom is -0.373 e. The Kier molecular flexibility index (Phi) is 4.86. The highest BCUT2D eigenvalue weighted by atomic mass is 16.5. The lowest BCUT2D eigenvalue weighted by Gasteiger charge is -2.56. The maximum absolute atomic E-state index is 12.5. The van der Waals surface area contributed by atoms with Crippen molar-refractivity contribution in [1.82, 2.24) is 20.0 Å². The van der Waals surface area contributed by atoms with Crippen LogP contribution in [0, 0.1) is 17.8 Å². The molecule has 7 nitrogen and oxygen atoms in total. The summed E-state index contributed by atoms with van der Waals surface area (Å²) in [6.45, 7) is 0.976. The average molecular weight is 433 g/mol. The lowest BCUT2D eigenvalue weighted by molar-refractivity contribution is -0.161. The molecule has 2 heterocycles. The van der Waals surface area contributed by atoms with Gasteiger partial charge in [-0.1, -0.05) is 5.16 Å². The Balaban J connectivity index is 1.02. The fraction of sp³-hybridized carbons (Fsp3) is 0.480. The molecular formula is C25H28N4O3. The predicted octanol–water partition coefficient (Wildman–Crippen LogP) is 4.24. The van der Waals surface area contributed by atoms with Crippen LogP contribution in [0.4, 0.5) is 0 Å². The van der Waals surface area contributed by atoms with Gasteiger partial charge in [0.1, 0.15) is 0 Å². The lowest BCUT2D eigenvalue weighted by atomic mass is 9.54. The van der Waals surface area contributed by atoms with Gasteiger partial charge >= 0.3 is 11.8 Å². The van der Waals surface area contributed by atoms with E-state index in [2.05, 4.69) is 15.5 Å². The van der Waals surface area contributed by atoms with Gasteiger partial charge in [-0.25, -0.2) is 0 Å². The number of carbonyl (C=O) groups excluding carboxylic acids is 1. The van der Waals surface area contributed by atoms with Crippen LogP contribution in [-0.4, -0.2) is 39.4 Å². The number of aromatic nitrogens is 3. The van der Waals surface area contributed by atoms with Crippen molar-refractivity contribution in [3.63, 3.8) is 0 Å². The van der Waals surface area contributed by atoms with Gasteiger partial charge in [0.25, 0.3) is 0 Å². The van der Waals surface area contributed by atoms with Crippen molar-refractivity contribution < 1.29 is 14.1 Å². The third-order valence-electron chi connectivity index (χ3n) is 7.43. The molecule has 4 aliphatic rings. The van der Waals surface area contributed by atoms with Crippen LogP contribution < -0.4 is 5.32 Å². The monoisotopic (exact) mass is 432 g/mol. The minimum atomic E-state index is -0.359. The molecule has 0 radical (unpaired) electrons. The van der Waals surface area contributed by atoms with E-state index in [1.807, 2.05) is 53.4 Å². The van der Waals surface area contributed by atoms with Crippen LogP contribution in [0.25, 0.3) is 17.1 Å². The molecule has 7 heteroatoms. The first-order valence-electron chi connectivity index (χ1n) is 11.7. The largest absolute Gasteiger partial charge is 0.373 e. The fourth-order valence-corrected chi connectivity index (χ4v) is 6.44. The molecule has 0 saturated heterocycles. The third kappa shape index (κ3) is 3.75. The normalized spacial score (nSPS) is 28.2. The summed E-state index contributed by atoms with van der Waals surface area (Å²) in [5.74, 6) is 2.57. The summed E-state index contributed by atoms with van der Waals surface area (Å²) >= 11 is 0. The Labute approximate surface area is 187 Å². The minimum absolute atomic E-state index is 0.0238. The molecular weight excluding hydrogens is 404 g/mol. The highest BCUT2D eigenvalue weighted by molar-refractivity contribution is 5.89. The summed E-state index contributed by atoms with van der Waals surface area (Å²) in [5.41, 5.74) is 1.90. The maximum Gasteiger partial charge on any atom is 0.316 e. The van der Waals surface area contributed by atoms with Crippen LogP contribution in [0.1, 0.15) is 49.2 Å². The summed E-state index contributed by atoms with van der Waals surface area (Å²) < 4.78 is 13.6. The molecule has 4 saturated carbocycles. The number of hydrogen-bond donors (Lipinski definition) is 1. The second kappa shape index (κ2) is 7.89. The Morgan fingerprint density at radius 3 is 2.38 bits per heavy atom. The van der Waals surface area contributed by atoms with E-state index >= 15 is 0 Å². The number of amides is 1. The van der Waals surface area contributed by atoms with Gasteiger partial charge in [-0.15, -0.1) is 0 Å². The van der Waals surface area contributed by atoms with Crippen LogP contribution in [-0.2, 0) is 4.74 Å². The summed E-state index contributed by atoms with van der Waals surface area (Å²) in [7, 11) is 0. The first kappa shape index (κ1) is 19.7. The topological polar surface area (TPSA) is 82.2 Å². The molecule has 0 aliphatic heterocycles. The zero-order valence-corrected chi connectivity index (χ0v) is 18.1. The van der Waals surface area contributed by atoms with Gasteiger partial charge in [0.05, 0.1) is 12.2 Å². The van der Waals surface area contributed by atoms with Crippen LogP contribution >= 0.6 is 0 Å². The molecule has 4 bridgehead atoms. The number of ether oxygens (including phenoxy) is 1. The average Bonchev–Trinajstić information content (AvgIpc) is 3.48. The molecule has 4 fully saturated rings. The van der Waals surface area contributed by atoms with E-state index in [4.69, 9.17) is 9.26 Å². The highest BCUT2D eigenvalue weighted by Crippen LogP contribution is 2.57. The number of nitrogens with one attached hydrogen (secondary N) is 1. The van der Waals surface area contributed by atoms with Crippen LogP contribution in [0.15, 0.2) is 53.3 Å². The van der Waals surface area contributed by atoms with Gasteiger partial charge in [-0.05, 0) is 92.7 Å². The van der Waals surface area contributed by atoms with E-state index in [1.54, 1.807) is 0 Å². The van der Waals surface area contributed by atoms with Gasteiger partial charge in [-0.3, -0.25) is 4.79 Å². The fourth-order valence-electron chi connectivity index (χ4n) is 6.44. The molecule has 1 N–H and O–H groups in total. The summed E-state index contributed by atoms with van der Waals surface area (Å²) in [6.07, 6.45) is 11.8. The van der Waals surface area contributed by atoms with Crippen molar-refractivity contribution in [3.8, 4) is 17.1 Å². The van der Waals surface area contributed by atoms with Crippen LogP contribution in [0.5, 0.6) is 0 Å². The van der Waals surface area contributed by atoms with Crippen molar-refractivity contribution in [3.05, 3.63) is 54.7 Å². The van der Waals surface area contributed by atoms with E-state index in [0.717, 1.165) is 29.0 Å². The highest BCUT2D eigenvalue weighted by Gasteiger charge is 2.51. The molecule has 1 amide bonds. The third-order valence-corrected chi connectivity index (χ3v) is 7.43. The Morgan fingerprint density at radius 2 is 1.72 bits per heavy atom. The molecule has 4 aliphatic carbocycles. The first-order valence-corrected chi connectivity index (χ1v) is 11.7. The number of hydrogen-bond acceptors (Lipinski definition) is 5. The molecule has 0 unspecified atom stereocenters. The number of benzene rings is 1. The molecule has 0 spiro atoms. The smallest absolute Gasteiger partial charge is 0.316 e. The summed E-state index contributed by atoms with van der Waals surface area (Å²) in [6, 6.07) is 11.8. The van der Waals surface area contributed by atoms with Crippen molar-refractivity contribution in [1.29, 1.82) is 0 Å². The Bertz CT molecular complexity index is 1050. The zero-order chi connectivity index (χ0) is 21.5. The molecule has 1 aromatic carbocycles. The standard InChI is InChI=1S/C25H28N4O3/c30-23(26-7-10-31-25-14-17-11-18(15-25)13-19(12-17)16-25)24-27-22(28-32-24)20-3-5-21(6-4-20)29-8-1-2-9-29/h1-6,8-9,17-19H,7,10-16H2,(H,26,30). The summed E-state index contributed by atoms with van der Waals surface area (Å²) in [4.78, 5) is 16.7. The van der Waals surface area contributed by atoms with Crippen LogP contribution in [0.3, 0.4) is 0 Å². The van der Waals surface area contributed by atoms with Crippen molar-refractivity contribution in [2.75, 3.05) is 13.2 Å². The van der Waals surface area contributed by atoms with Gasteiger partial charge in [-0.2, -0.15) is 4.98 Å². The van der Waals surface area contributed by atoms with E-state index in [1.165, 1.54) is 38.5 Å². The Hall–Kier alpha value is -2.93. The first-order chi connectivity index (χ1) is 15.7. The van der Waals surface area contributed by atoms with E-state index < -0.39 is 0 Å². The van der Waals surface area contributed by atoms with Crippen molar-refractivity contribution in [2.45, 2.75) is 44.1 Å². The molecule has 166 valence electrons. The van der Waals surface area contributed by atoms with Gasteiger partial charge in [0.15, 0.2) is 0 Å². The van der Waals surface area contributed by atoms with Gasteiger partial charge in [0.2, 0.25) is 5.82 Å². The van der Waals surface area contributed by atoms with E-state index in [9.17, 15) is 4.79 Å². The quantitative estimate of drug-likeness (QED) is 0.565. The number of carbonyl (C=O) groups is 1. The molecule has 2 aromatic heterocycles. The zero-order valence-electron chi connectivity index (χ0n) is 18.1. The second-order valence-corrected chi connectivity index (χ2v) is 9.77. The molecule has 3 aromatic rings. The molecule has 0 atom stereocenters. The predicted molar refractivity (Wildman–Crippen MR) is 118 cm³/mol. The van der Waals surface area contributed by atoms with Gasteiger partial charge < -0.3 is 19.1 Å². The van der Waals surface area contributed by atoms with Crippen LogP contribution in [0.2, 0.25) is 0 Å². The van der Waals surface area contributed by atoms with E-state index in [0.29, 0.717) is 19.0 Å². The number of nitrogens with zero attached hydrogens (tertiary/aromatic N) is 3.